The zero-order chi connectivity index (χ0) is 15.4. The van der Waals surface area contributed by atoms with Gasteiger partial charge in [-0.3, -0.25) is 14.4 Å². The van der Waals surface area contributed by atoms with Crippen molar-refractivity contribution >= 4 is 5.97 Å². The van der Waals surface area contributed by atoms with Crippen LogP contribution in [0.15, 0.2) is 12.3 Å². The molecule has 21 heavy (non-hydrogen) atoms. The van der Waals surface area contributed by atoms with Gasteiger partial charge in [0.05, 0.1) is 24.8 Å². The fraction of sp³-hybridized carbons (Fsp3) is 0.750. The molecule has 1 aromatic heterocycles. The van der Waals surface area contributed by atoms with Gasteiger partial charge in [0.25, 0.3) is 0 Å². The maximum atomic E-state index is 11.7. The van der Waals surface area contributed by atoms with Crippen LogP contribution in [0.5, 0.6) is 0 Å². The van der Waals surface area contributed by atoms with E-state index in [1.54, 1.807) is 0 Å². The van der Waals surface area contributed by atoms with Gasteiger partial charge < -0.3 is 4.74 Å². The number of hydrogen-bond acceptors (Lipinski definition) is 4. The lowest BCUT2D eigenvalue weighted by molar-refractivity contribution is -0.146. The van der Waals surface area contributed by atoms with Crippen LogP contribution in [0, 0.1) is 11.8 Å². The molecule has 0 N–H and O–H groups in total. The summed E-state index contributed by atoms with van der Waals surface area (Å²) in [5, 5.41) is 4.69. The summed E-state index contributed by atoms with van der Waals surface area (Å²) in [7, 11) is 1.47. The van der Waals surface area contributed by atoms with Gasteiger partial charge in [0.1, 0.15) is 0 Å². The Labute approximate surface area is 127 Å². The Kier molecular flexibility index (Phi) is 5.39. The Balaban J connectivity index is 1.95. The summed E-state index contributed by atoms with van der Waals surface area (Å²) in [5.74, 6) is 0.252. The monoisotopic (exact) mass is 293 g/mol. The van der Waals surface area contributed by atoms with Gasteiger partial charge in [0.15, 0.2) is 0 Å². The standard InChI is InChI=1S/C16H27N3O2/c1-5-14(6-2)19-8-7-13(17-19)10-18-9-12(3)15(11-18)16(20)21-4/h7-8,12,14-15H,5-6,9-11H2,1-4H3. The second-order valence-electron chi connectivity index (χ2n) is 6.06. The number of carbonyl (C=O) groups excluding carboxylic acids is 1. The third kappa shape index (κ3) is 3.64. The summed E-state index contributed by atoms with van der Waals surface area (Å²) >= 11 is 0. The summed E-state index contributed by atoms with van der Waals surface area (Å²) < 4.78 is 6.96. The van der Waals surface area contributed by atoms with Crippen molar-refractivity contribution in [3.8, 4) is 0 Å². The molecule has 1 aromatic rings. The lowest BCUT2D eigenvalue weighted by Gasteiger charge is -2.15. The van der Waals surface area contributed by atoms with Gasteiger partial charge in [-0.15, -0.1) is 0 Å². The molecule has 0 aliphatic carbocycles. The van der Waals surface area contributed by atoms with E-state index in [0.717, 1.165) is 38.2 Å². The largest absolute Gasteiger partial charge is 0.469 e. The summed E-state index contributed by atoms with van der Waals surface area (Å²) in [6, 6.07) is 2.58. The van der Waals surface area contributed by atoms with Crippen LogP contribution in [0.3, 0.4) is 0 Å². The van der Waals surface area contributed by atoms with Crippen LogP contribution in [0.25, 0.3) is 0 Å². The Hall–Kier alpha value is -1.36. The quantitative estimate of drug-likeness (QED) is 0.756. The number of ether oxygens (including phenoxy) is 1. The van der Waals surface area contributed by atoms with E-state index in [4.69, 9.17) is 4.74 Å². The number of esters is 1. The van der Waals surface area contributed by atoms with Crippen molar-refractivity contribution < 1.29 is 9.53 Å². The maximum absolute atomic E-state index is 11.7. The van der Waals surface area contributed by atoms with Crippen molar-refractivity contribution in [2.75, 3.05) is 20.2 Å². The van der Waals surface area contributed by atoms with Crippen LogP contribution in [0.2, 0.25) is 0 Å². The Bertz CT molecular complexity index is 468. The number of aromatic nitrogens is 2. The highest BCUT2D eigenvalue weighted by Gasteiger charge is 2.35. The molecule has 1 fully saturated rings. The summed E-state index contributed by atoms with van der Waals surface area (Å²) in [6.07, 6.45) is 4.27. The molecule has 0 aromatic carbocycles. The Morgan fingerprint density at radius 3 is 2.76 bits per heavy atom. The van der Waals surface area contributed by atoms with Gasteiger partial charge in [-0.2, -0.15) is 5.10 Å². The molecule has 118 valence electrons. The number of carbonyl (C=O) groups is 1. The van der Waals surface area contributed by atoms with E-state index >= 15 is 0 Å². The van der Waals surface area contributed by atoms with Crippen molar-refractivity contribution in [3.05, 3.63) is 18.0 Å². The lowest BCUT2D eigenvalue weighted by atomic mass is 9.99. The van der Waals surface area contributed by atoms with Crippen LogP contribution < -0.4 is 0 Å². The van der Waals surface area contributed by atoms with Crippen LogP contribution in [-0.2, 0) is 16.1 Å². The second kappa shape index (κ2) is 7.07. The molecular weight excluding hydrogens is 266 g/mol. The van der Waals surface area contributed by atoms with Crippen LogP contribution in [0.1, 0.15) is 45.3 Å². The first-order chi connectivity index (χ1) is 10.1. The van der Waals surface area contributed by atoms with E-state index in [0.29, 0.717) is 12.0 Å². The van der Waals surface area contributed by atoms with Crippen molar-refractivity contribution in [2.45, 2.75) is 46.2 Å². The predicted octanol–water partition coefficient (Wildman–Crippen LogP) is 2.49. The molecule has 2 rings (SSSR count). The minimum atomic E-state index is -0.0902. The predicted molar refractivity (Wildman–Crippen MR) is 81.8 cm³/mol. The molecule has 1 aliphatic heterocycles. The fourth-order valence-electron chi connectivity index (χ4n) is 3.21. The molecule has 1 saturated heterocycles. The van der Waals surface area contributed by atoms with Crippen molar-refractivity contribution in [1.82, 2.24) is 14.7 Å². The smallest absolute Gasteiger partial charge is 0.310 e. The van der Waals surface area contributed by atoms with Gasteiger partial charge in [0.2, 0.25) is 0 Å². The maximum Gasteiger partial charge on any atom is 0.310 e. The first-order valence-corrected chi connectivity index (χ1v) is 7.93. The number of likely N-dealkylation sites (tertiary alicyclic amines) is 1. The van der Waals surface area contributed by atoms with Gasteiger partial charge in [-0.05, 0) is 24.8 Å². The zero-order valence-corrected chi connectivity index (χ0v) is 13.6. The molecule has 0 amide bonds. The molecular formula is C16H27N3O2. The van der Waals surface area contributed by atoms with E-state index in [1.807, 2.05) is 0 Å². The van der Waals surface area contributed by atoms with E-state index in [2.05, 4.69) is 47.7 Å². The van der Waals surface area contributed by atoms with Crippen LogP contribution in [-0.4, -0.2) is 40.8 Å². The molecule has 0 saturated carbocycles. The first-order valence-electron chi connectivity index (χ1n) is 7.93. The van der Waals surface area contributed by atoms with Crippen molar-refractivity contribution in [3.63, 3.8) is 0 Å². The Morgan fingerprint density at radius 1 is 1.43 bits per heavy atom. The molecule has 0 radical (unpaired) electrons. The molecule has 1 aliphatic rings. The zero-order valence-electron chi connectivity index (χ0n) is 13.6. The van der Waals surface area contributed by atoms with E-state index < -0.39 is 0 Å². The highest BCUT2D eigenvalue weighted by molar-refractivity contribution is 5.73. The summed E-state index contributed by atoms with van der Waals surface area (Å²) in [6.45, 7) is 9.01. The molecule has 5 nitrogen and oxygen atoms in total. The van der Waals surface area contributed by atoms with Gasteiger partial charge in [-0.25, -0.2) is 0 Å². The van der Waals surface area contributed by atoms with Crippen molar-refractivity contribution in [2.24, 2.45) is 11.8 Å². The Morgan fingerprint density at radius 2 is 2.14 bits per heavy atom. The molecule has 0 bridgehead atoms. The fourth-order valence-corrected chi connectivity index (χ4v) is 3.21. The third-order valence-electron chi connectivity index (χ3n) is 4.56. The topological polar surface area (TPSA) is 47.4 Å². The average molecular weight is 293 g/mol. The lowest BCUT2D eigenvalue weighted by Crippen LogP contribution is -2.24. The normalized spacial score (nSPS) is 22.9. The number of nitrogens with zero attached hydrogens (tertiary/aromatic N) is 3. The minimum Gasteiger partial charge on any atom is -0.469 e. The van der Waals surface area contributed by atoms with Crippen LogP contribution >= 0.6 is 0 Å². The molecule has 2 heterocycles. The van der Waals surface area contributed by atoms with Crippen LogP contribution in [0.4, 0.5) is 0 Å². The summed E-state index contributed by atoms with van der Waals surface area (Å²) in [5.41, 5.74) is 1.08. The number of rotatable bonds is 6. The highest BCUT2D eigenvalue weighted by atomic mass is 16.5. The van der Waals surface area contributed by atoms with Crippen molar-refractivity contribution in [1.29, 1.82) is 0 Å². The highest BCUT2D eigenvalue weighted by Crippen LogP contribution is 2.25. The van der Waals surface area contributed by atoms with Gasteiger partial charge >= 0.3 is 5.97 Å². The minimum absolute atomic E-state index is 0.00359. The molecule has 0 spiro atoms. The summed E-state index contributed by atoms with van der Waals surface area (Å²) in [4.78, 5) is 14.0. The first kappa shape index (κ1) is 16.0. The second-order valence-corrected chi connectivity index (χ2v) is 6.06. The van der Waals surface area contributed by atoms with E-state index in [9.17, 15) is 4.79 Å². The van der Waals surface area contributed by atoms with Gasteiger partial charge in [-0.1, -0.05) is 20.8 Å². The molecule has 2 atom stereocenters. The number of methoxy groups -OCH3 is 1. The molecule has 2 unspecified atom stereocenters. The SMILES string of the molecule is CCC(CC)n1ccc(CN2CC(C)C(C(=O)OC)C2)n1. The van der Waals surface area contributed by atoms with Gasteiger partial charge in [0, 0.05) is 25.8 Å². The van der Waals surface area contributed by atoms with E-state index in [1.165, 1.54) is 7.11 Å². The molecule has 5 heteroatoms. The third-order valence-corrected chi connectivity index (χ3v) is 4.56. The number of hydrogen-bond donors (Lipinski definition) is 0. The average Bonchev–Trinajstić information content (AvgIpc) is 3.07. The van der Waals surface area contributed by atoms with E-state index in [-0.39, 0.29) is 11.9 Å².